The predicted octanol–water partition coefficient (Wildman–Crippen LogP) is 20.2. The molecule has 0 aliphatic heterocycles. The number of hydrogen-bond acceptors (Lipinski definition) is 2. The minimum Gasteiger partial charge on any atom is -0.312 e. The molecular formula is C54H112NO3P. The average molecular weight is 854 g/mol. The Morgan fingerprint density at radius 2 is 0.441 bits per heavy atom. The molecule has 0 saturated heterocycles. The number of unbranched alkanes of at least 4 members (excludes halogenated alkanes) is 46. The molecule has 1 unspecified atom stereocenters. The van der Waals surface area contributed by atoms with Gasteiger partial charge in [0.2, 0.25) is 0 Å². The minimum absolute atomic E-state index is 0.295. The Bertz CT molecular complexity index is 756. The van der Waals surface area contributed by atoms with Crippen LogP contribution in [0.4, 0.5) is 0 Å². The zero-order valence-electron chi connectivity index (χ0n) is 41.2. The van der Waals surface area contributed by atoms with Crippen LogP contribution in [0.15, 0.2) is 0 Å². The van der Waals surface area contributed by atoms with Gasteiger partial charge in [-0.05, 0) is 19.8 Å². The maximum absolute atomic E-state index is 12.9. The second-order valence-electron chi connectivity index (χ2n) is 19.1. The highest BCUT2D eigenvalue weighted by molar-refractivity contribution is 7.50. The lowest BCUT2D eigenvalue weighted by molar-refractivity contribution is 0.206. The van der Waals surface area contributed by atoms with Gasteiger partial charge in [-0.3, -0.25) is 4.52 Å². The Hall–Kier alpha value is 0.110. The molecule has 0 aliphatic carbocycles. The Labute approximate surface area is 373 Å². The lowest BCUT2D eigenvalue weighted by Gasteiger charge is -2.26. The molecule has 0 aromatic carbocycles. The first-order valence-electron chi connectivity index (χ1n) is 27.8. The summed E-state index contributed by atoms with van der Waals surface area (Å²) < 4.78 is 20.0. The molecule has 0 heterocycles. The van der Waals surface area contributed by atoms with Crippen molar-refractivity contribution in [3.8, 4) is 0 Å². The van der Waals surface area contributed by atoms with Gasteiger partial charge in [0.25, 0.3) is 0 Å². The largest absolute Gasteiger partial charge is 0.405 e. The molecule has 0 saturated carbocycles. The highest BCUT2D eigenvalue weighted by Gasteiger charge is 2.28. The summed E-state index contributed by atoms with van der Waals surface area (Å²) in [5, 5.41) is 0. The standard InChI is InChI=1S/C54H112NO3P/c1-4-7-9-11-13-15-17-19-21-23-25-27-29-31-33-35-37-39-41-43-45-47-49-51-53-55(59(56,57)58-6-3)54-52-50-48-46-44-42-40-38-36-34-32-30-28-26-24-22-20-18-16-14-12-10-8-5-2/h4-54H2,1-3H3,(H,56,57). The lowest BCUT2D eigenvalue weighted by Crippen LogP contribution is -2.24. The molecule has 0 spiro atoms. The van der Waals surface area contributed by atoms with E-state index in [-0.39, 0.29) is 0 Å². The zero-order chi connectivity index (χ0) is 42.8. The SMILES string of the molecule is CCCCCCCCCCCCCCCCCCCCCCCCCCN(CCCCCCCCCCCCCCCCCCCCCCCCCC)P(=O)(O)OCC. The molecule has 59 heavy (non-hydrogen) atoms. The van der Waals surface area contributed by atoms with E-state index >= 15 is 0 Å². The van der Waals surface area contributed by atoms with E-state index < -0.39 is 7.75 Å². The molecule has 0 radical (unpaired) electrons. The summed E-state index contributed by atoms with van der Waals surface area (Å²) in [5.41, 5.74) is 0. The smallest absolute Gasteiger partial charge is 0.312 e. The van der Waals surface area contributed by atoms with Crippen LogP contribution < -0.4 is 0 Å². The fraction of sp³-hybridized carbons (Fsp3) is 1.00. The number of rotatable bonds is 53. The van der Waals surface area contributed by atoms with Crippen molar-refractivity contribution in [3.05, 3.63) is 0 Å². The van der Waals surface area contributed by atoms with Crippen molar-refractivity contribution in [2.75, 3.05) is 19.7 Å². The van der Waals surface area contributed by atoms with Crippen molar-refractivity contribution in [2.45, 2.75) is 329 Å². The second-order valence-corrected chi connectivity index (χ2v) is 20.9. The predicted molar refractivity (Wildman–Crippen MR) is 266 cm³/mol. The fourth-order valence-corrected chi connectivity index (χ4v) is 10.4. The van der Waals surface area contributed by atoms with Gasteiger partial charge in [0.15, 0.2) is 0 Å². The van der Waals surface area contributed by atoms with Crippen LogP contribution in [0.2, 0.25) is 0 Å². The van der Waals surface area contributed by atoms with Crippen LogP contribution in [0, 0.1) is 0 Å². The van der Waals surface area contributed by atoms with E-state index in [0.29, 0.717) is 19.7 Å². The van der Waals surface area contributed by atoms with Crippen LogP contribution in [0.3, 0.4) is 0 Å². The first-order chi connectivity index (χ1) is 29.1. The van der Waals surface area contributed by atoms with E-state index in [2.05, 4.69) is 13.8 Å². The van der Waals surface area contributed by atoms with Gasteiger partial charge in [-0.2, -0.15) is 0 Å². The highest BCUT2D eigenvalue weighted by Crippen LogP contribution is 2.46. The highest BCUT2D eigenvalue weighted by atomic mass is 31.2. The molecule has 0 aliphatic rings. The van der Waals surface area contributed by atoms with Crippen LogP contribution in [0.5, 0.6) is 0 Å². The molecule has 0 bridgehead atoms. The third-order valence-corrected chi connectivity index (χ3v) is 14.9. The van der Waals surface area contributed by atoms with E-state index in [0.717, 1.165) is 25.7 Å². The second kappa shape index (κ2) is 50.8. The summed E-state index contributed by atoms with van der Waals surface area (Å²) in [6, 6.07) is 0. The molecule has 5 heteroatoms. The normalized spacial score (nSPS) is 12.9. The fourth-order valence-electron chi connectivity index (χ4n) is 9.13. The molecular weight excluding hydrogens is 742 g/mol. The molecule has 356 valence electrons. The van der Waals surface area contributed by atoms with Gasteiger partial charge in [-0.25, -0.2) is 9.24 Å². The summed E-state index contributed by atoms with van der Waals surface area (Å²) in [4.78, 5) is 10.6. The van der Waals surface area contributed by atoms with Crippen molar-refractivity contribution >= 4 is 7.75 Å². The summed E-state index contributed by atoms with van der Waals surface area (Å²) in [5.74, 6) is 0. The molecule has 4 nitrogen and oxygen atoms in total. The quantitative estimate of drug-likeness (QED) is 0.0489. The summed E-state index contributed by atoms with van der Waals surface area (Å²) >= 11 is 0. The zero-order valence-corrected chi connectivity index (χ0v) is 42.1. The third kappa shape index (κ3) is 47.4. The van der Waals surface area contributed by atoms with Gasteiger partial charge in [0.05, 0.1) is 6.61 Å². The minimum atomic E-state index is -3.67. The first-order valence-corrected chi connectivity index (χ1v) is 29.3. The van der Waals surface area contributed by atoms with E-state index in [9.17, 15) is 9.46 Å². The van der Waals surface area contributed by atoms with Crippen molar-refractivity contribution < 1.29 is 14.0 Å². The van der Waals surface area contributed by atoms with Gasteiger partial charge < -0.3 is 4.89 Å². The topological polar surface area (TPSA) is 49.8 Å². The number of hydrogen-bond donors (Lipinski definition) is 1. The molecule has 1 atom stereocenters. The monoisotopic (exact) mass is 854 g/mol. The van der Waals surface area contributed by atoms with Crippen LogP contribution in [-0.4, -0.2) is 29.3 Å². The summed E-state index contributed by atoms with van der Waals surface area (Å²) in [7, 11) is -3.67. The van der Waals surface area contributed by atoms with Gasteiger partial charge in [0, 0.05) is 13.1 Å². The van der Waals surface area contributed by atoms with Crippen molar-refractivity contribution in [2.24, 2.45) is 0 Å². The van der Waals surface area contributed by atoms with Gasteiger partial charge in [-0.15, -0.1) is 0 Å². The maximum Gasteiger partial charge on any atom is 0.405 e. The summed E-state index contributed by atoms with van der Waals surface area (Å²) in [6.07, 6.45) is 66.8. The molecule has 1 N–H and O–H groups in total. The van der Waals surface area contributed by atoms with Crippen LogP contribution in [0.1, 0.15) is 329 Å². The van der Waals surface area contributed by atoms with Crippen molar-refractivity contribution in [3.63, 3.8) is 0 Å². The van der Waals surface area contributed by atoms with Gasteiger partial charge >= 0.3 is 7.75 Å². The Balaban J connectivity index is 3.56. The van der Waals surface area contributed by atoms with Crippen LogP contribution >= 0.6 is 7.75 Å². The molecule has 0 rings (SSSR count). The average Bonchev–Trinajstić information content (AvgIpc) is 3.23. The molecule has 0 amide bonds. The Kier molecular flexibility index (Phi) is 50.8. The lowest BCUT2D eigenvalue weighted by atomic mass is 10.0. The van der Waals surface area contributed by atoms with E-state index in [4.69, 9.17) is 4.52 Å². The third-order valence-electron chi connectivity index (χ3n) is 13.2. The summed E-state index contributed by atoms with van der Waals surface area (Å²) in [6.45, 7) is 8.09. The van der Waals surface area contributed by atoms with Crippen molar-refractivity contribution in [1.29, 1.82) is 0 Å². The number of nitrogens with zero attached hydrogens (tertiary/aromatic N) is 1. The Morgan fingerprint density at radius 3 is 0.593 bits per heavy atom. The van der Waals surface area contributed by atoms with Crippen molar-refractivity contribution in [1.82, 2.24) is 4.67 Å². The molecule has 0 aromatic heterocycles. The van der Waals surface area contributed by atoms with E-state index in [1.54, 1.807) is 4.67 Å². The maximum atomic E-state index is 12.9. The van der Waals surface area contributed by atoms with E-state index in [1.807, 2.05) is 6.92 Å². The Morgan fingerprint density at radius 1 is 0.288 bits per heavy atom. The van der Waals surface area contributed by atoms with E-state index in [1.165, 1.54) is 283 Å². The molecule has 0 aromatic rings. The molecule has 0 fully saturated rings. The van der Waals surface area contributed by atoms with Crippen LogP contribution in [-0.2, 0) is 9.09 Å². The van der Waals surface area contributed by atoms with Gasteiger partial charge in [0.1, 0.15) is 0 Å². The van der Waals surface area contributed by atoms with Gasteiger partial charge in [-0.1, -0.05) is 309 Å². The first kappa shape index (κ1) is 59.1. The van der Waals surface area contributed by atoms with Crippen LogP contribution in [0.25, 0.3) is 0 Å².